The minimum Gasteiger partial charge on any atom is -0.409 e. The molecule has 0 radical (unpaired) electrons. The molecule has 0 fully saturated rings. The lowest BCUT2D eigenvalue weighted by Gasteiger charge is -2.20. The van der Waals surface area contributed by atoms with Gasteiger partial charge in [-0.2, -0.15) is 17.4 Å². The van der Waals surface area contributed by atoms with Crippen molar-refractivity contribution in [3.8, 4) is 0 Å². The summed E-state index contributed by atoms with van der Waals surface area (Å²) < 4.78 is 31.5. The van der Waals surface area contributed by atoms with Crippen LogP contribution in [-0.4, -0.2) is 57.6 Å². The summed E-state index contributed by atoms with van der Waals surface area (Å²) in [6.45, 7) is 2.28. The number of methoxy groups -OCH3 is 1. The summed E-state index contributed by atoms with van der Waals surface area (Å²) in [5.41, 5.74) is 5.37. The van der Waals surface area contributed by atoms with Crippen LogP contribution in [0.5, 0.6) is 0 Å². The highest BCUT2D eigenvalue weighted by molar-refractivity contribution is 7.87. The Balaban J connectivity index is 4.34. The second-order valence-electron chi connectivity index (χ2n) is 3.60. The van der Waals surface area contributed by atoms with Crippen molar-refractivity contribution in [2.75, 3.05) is 33.9 Å². The number of nitrogens with zero attached hydrogens (tertiary/aromatic N) is 2. The van der Waals surface area contributed by atoms with Crippen molar-refractivity contribution in [1.29, 1.82) is 0 Å². The Kier molecular flexibility index (Phi) is 7.04. The molecule has 0 heterocycles. The lowest BCUT2D eigenvalue weighted by molar-refractivity contribution is 0.204. The van der Waals surface area contributed by atoms with Crippen molar-refractivity contribution in [3.05, 3.63) is 0 Å². The number of hydrogen-bond acceptors (Lipinski definition) is 5. The molecule has 0 aliphatic rings. The van der Waals surface area contributed by atoms with Crippen molar-refractivity contribution >= 4 is 16.0 Å². The molecular formula is C8H20N4O4S. The minimum absolute atomic E-state index is 0.0102. The van der Waals surface area contributed by atoms with Crippen molar-refractivity contribution in [1.82, 2.24) is 9.03 Å². The number of nitrogens with one attached hydrogen (secondary N) is 1. The molecule has 0 aromatic rings. The zero-order chi connectivity index (χ0) is 13.5. The van der Waals surface area contributed by atoms with Crippen LogP contribution in [0.15, 0.2) is 5.16 Å². The minimum atomic E-state index is -3.56. The Morgan fingerprint density at radius 3 is 2.71 bits per heavy atom. The first-order valence-corrected chi connectivity index (χ1v) is 6.46. The van der Waals surface area contributed by atoms with E-state index in [1.54, 1.807) is 6.92 Å². The molecule has 0 aromatic heterocycles. The van der Waals surface area contributed by atoms with Gasteiger partial charge in [0.05, 0.1) is 6.61 Å². The van der Waals surface area contributed by atoms with Crippen LogP contribution in [0.3, 0.4) is 0 Å². The smallest absolute Gasteiger partial charge is 0.279 e. The van der Waals surface area contributed by atoms with Gasteiger partial charge in [0, 0.05) is 33.2 Å². The monoisotopic (exact) mass is 268 g/mol. The van der Waals surface area contributed by atoms with Gasteiger partial charge < -0.3 is 15.7 Å². The molecule has 17 heavy (non-hydrogen) atoms. The van der Waals surface area contributed by atoms with E-state index in [2.05, 4.69) is 9.88 Å². The molecular weight excluding hydrogens is 248 g/mol. The van der Waals surface area contributed by atoms with E-state index in [1.165, 1.54) is 14.2 Å². The molecule has 0 aliphatic carbocycles. The Labute approximate surface area is 102 Å². The zero-order valence-corrected chi connectivity index (χ0v) is 11.1. The second-order valence-corrected chi connectivity index (χ2v) is 5.46. The second kappa shape index (κ2) is 7.43. The van der Waals surface area contributed by atoms with Crippen LogP contribution < -0.4 is 10.5 Å². The van der Waals surface area contributed by atoms with E-state index in [0.29, 0.717) is 6.61 Å². The Morgan fingerprint density at radius 1 is 1.65 bits per heavy atom. The van der Waals surface area contributed by atoms with Crippen LogP contribution in [0.1, 0.15) is 6.92 Å². The van der Waals surface area contributed by atoms with Crippen molar-refractivity contribution in [3.63, 3.8) is 0 Å². The van der Waals surface area contributed by atoms with E-state index >= 15 is 0 Å². The lowest BCUT2D eigenvalue weighted by atomic mass is 10.2. The molecule has 0 rings (SSSR count). The molecule has 0 amide bonds. The summed E-state index contributed by atoms with van der Waals surface area (Å²) in [4.78, 5) is 0. The van der Waals surface area contributed by atoms with E-state index in [9.17, 15) is 8.42 Å². The third-order valence-corrected chi connectivity index (χ3v) is 3.69. The van der Waals surface area contributed by atoms with E-state index in [-0.39, 0.29) is 24.8 Å². The molecule has 4 N–H and O–H groups in total. The van der Waals surface area contributed by atoms with Gasteiger partial charge in [0.2, 0.25) is 0 Å². The van der Waals surface area contributed by atoms with Gasteiger partial charge in [-0.15, -0.1) is 0 Å². The highest BCUT2D eigenvalue weighted by Gasteiger charge is 2.20. The predicted molar refractivity (Wildman–Crippen MR) is 64.0 cm³/mol. The lowest BCUT2D eigenvalue weighted by Crippen LogP contribution is -2.43. The van der Waals surface area contributed by atoms with Crippen LogP contribution in [0.4, 0.5) is 0 Å². The van der Waals surface area contributed by atoms with Gasteiger partial charge in [-0.05, 0) is 0 Å². The van der Waals surface area contributed by atoms with E-state index in [0.717, 1.165) is 4.31 Å². The van der Waals surface area contributed by atoms with Crippen LogP contribution in [0.25, 0.3) is 0 Å². The van der Waals surface area contributed by atoms with Gasteiger partial charge >= 0.3 is 0 Å². The maximum absolute atomic E-state index is 11.7. The van der Waals surface area contributed by atoms with Crippen molar-refractivity contribution in [2.45, 2.75) is 6.92 Å². The summed E-state index contributed by atoms with van der Waals surface area (Å²) >= 11 is 0. The fourth-order valence-corrected chi connectivity index (χ4v) is 2.04. The first-order chi connectivity index (χ1) is 7.85. The molecule has 9 heteroatoms. The third-order valence-electron chi connectivity index (χ3n) is 2.15. The highest BCUT2D eigenvalue weighted by Crippen LogP contribution is 2.02. The largest absolute Gasteiger partial charge is 0.409 e. The summed E-state index contributed by atoms with van der Waals surface area (Å²) in [7, 11) is -0.661. The topological polar surface area (TPSA) is 117 Å². The van der Waals surface area contributed by atoms with Crippen LogP contribution in [0, 0.1) is 5.92 Å². The molecule has 0 aromatic carbocycles. The molecule has 0 bridgehead atoms. The van der Waals surface area contributed by atoms with Crippen LogP contribution in [0.2, 0.25) is 0 Å². The molecule has 0 saturated heterocycles. The van der Waals surface area contributed by atoms with Gasteiger partial charge in [0.25, 0.3) is 10.2 Å². The van der Waals surface area contributed by atoms with Crippen LogP contribution >= 0.6 is 0 Å². The maximum Gasteiger partial charge on any atom is 0.279 e. The summed E-state index contributed by atoms with van der Waals surface area (Å²) in [5, 5.41) is 11.3. The Morgan fingerprint density at radius 2 is 2.24 bits per heavy atom. The Hall–Kier alpha value is -0.900. The number of amidine groups is 1. The standard InChI is InChI=1S/C8H20N4O4S/c1-7(8(9)11-13)6-12(2)17(14,15)10-4-5-16-3/h7,10,13H,4-6H2,1-3H3,(H2,9,11). The van der Waals surface area contributed by atoms with Gasteiger partial charge in [-0.3, -0.25) is 0 Å². The highest BCUT2D eigenvalue weighted by atomic mass is 32.2. The first-order valence-electron chi connectivity index (χ1n) is 5.02. The van der Waals surface area contributed by atoms with E-state index in [1.807, 2.05) is 0 Å². The molecule has 1 unspecified atom stereocenters. The summed E-state index contributed by atoms with van der Waals surface area (Å²) in [6.07, 6.45) is 0. The van der Waals surface area contributed by atoms with Gasteiger partial charge in [0.1, 0.15) is 5.84 Å². The van der Waals surface area contributed by atoms with E-state index in [4.69, 9.17) is 15.7 Å². The molecule has 1 atom stereocenters. The van der Waals surface area contributed by atoms with E-state index < -0.39 is 10.2 Å². The molecule has 0 aliphatic heterocycles. The van der Waals surface area contributed by atoms with Gasteiger partial charge in [-0.1, -0.05) is 12.1 Å². The fraction of sp³-hybridized carbons (Fsp3) is 0.875. The number of nitrogens with two attached hydrogens (primary N) is 1. The zero-order valence-electron chi connectivity index (χ0n) is 10.3. The van der Waals surface area contributed by atoms with Crippen molar-refractivity contribution < 1.29 is 18.4 Å². The Bertz CT molecular complexity index is 343. The fourth-order valence-electron chi connectivity index (χ4n) is 1.06. The summed E-state index contributed by atoms with van der Waals surface area (Å²) in [5.74, 6) is -0.382. The maximum atomic E-state index is 11.7. The molecule has 0 spiro atoms. The number of ether oxygens (including phenoxy) is 1. The molecule has 102 valence electrons. The number of rotatable bonds is 8. The van der Waals surface area contributed by atoms with Gasteiger partial charge in [-0.25, -0.2) is 0 Å². The number of oxime groups is 1. The number of hydrogen-bond donors (Lipinski definition) is 3. The summed E-state index contributed by atoms with van der Waals surface area (Å²) in [6, 6.07) is 0. The quantitative estimate of drug-likeness (QED) is 0.168. The normalized spacial score (nSPS) is 15.2. The van der Waals surface area contributed by atoms with Crippen molar-refractivity contribution in [2.24, 2.45) is 16.8 Å². The third kappa shape index (κ3) is 5.82. The predicted octanol–water partition coefficient (Wildman–Crippen LogP) is -1.22. The van der Waals surface area contributed by atoms with Gasteiger partial charge in [0.15, 0.2) is 0 Å². The molecule has 0 saturated carbocycles. The molecule has 8 nitrogen and oxygen atoms in total. The average Bonchev–Trinajstić information content (AvgIpc) is 2.27. The van der Waals surface area contributed by atoms with Crippen LogP contribution in [-0.2, 0) is 14.9 Å². The first kappa shape index (κ1) is 16.1. The SMILES string of the molecule is COCCNS(=O)(=O)N(C)CC(C)C(N)=NO. The average molecular weight is 268 g/mol.